The van der Waals surface area contributed by atoms with Crippen molar-refractivity contribution >= 4 is 22.8 Å². The molecule has 3 rings (SSSR count). The minimum absolute atomic E-state index is 0.133. The second kappa shape index (κ2) is 5.54. The molecule has 1 aliphatic carbocycles. The van der Waals surface area contributed by atoms with Crippen LogP contribution < -0.4 is 5.69 Å². The van der Waals surface area contributed by atoms with E-state index in [0.29, 0.717) is 17.1 Å². The quantitative estimate of drug-likeness (QED) is 0.881. The lowest BCUT2D eigenvalue weighted by molar-refractivity contribution is 0.120. The molecule has 0 bridgehead atoms. The number of H-pyrrole nitrogens is 1. The highest BCUT2D eigenvalue weighted by atomic mass is 35.5. The monoisotopic (exact) mass is 296 g/mol. The van der Waals surface area contributed by atoms with Crippen LogP contribution in [0.1, 0.15) is 31.7 Å². The van der Waals surface area contributed by atoms with E-state index in [0.717, 1.165) is 32.3 Å². The van der Waals surface area contributed by atoms with Crippen molar-refractivity contribution in [3.05, 3.63) is 22.0 Å². The van der Waals surface area contributed by atoms with E-state index in [1.54, 1.807) is 17.9 Å². The van der Waals surface area contributed by atoms with Gasteiger partial charge < -0.3 is 9.72 Å². The molecular formula is C13H17ClN4O2. The molecule has 1 fully saturated rings. The number of nitrogens with zero attached hydrogens (tertiary/aromatic N) is 3. The standard InChI is InChI=1S/C13H17ClN4O2/c1-20-7-8-2-4-9(5-3-8)18-11-10(16-13(18)19)6-15-12(14)17-11/h6,8-9H,2-5,7H2,1H3,(H,16,19). The lowest BCUT2D eigenvalue weighted by atomic mass is 9.86. The number of aromatic nitrogens is 4. The van der Waals surface area contributed by atoms with Gasteiger partial charge in [0.25, 0.3) is 0 Å². The Kier molecular flexibility index (Phi) is 3.76. The highest BCUT2D eigenvalue weighted by Crippen LogP contribution is 2.32. The summed E-state index contributed by atoms with van der Waals surface area (Å²) in [5, 5.41) is 0.165. The van der Waals surface area contributed by atoms with Crippen molar-refractivity contribution in [3.63, 3.8) is 0 Å². The van der Waals surface area contributed by atoms with E-state index in [9.17, 15) is 4.79 Å². The van der Waals surface area contributed by atoms with Gasteiger partial charge in [0.15, 0.2) is 5.65 Å². The summed E-state index contributed by atoms with van der Waals surface area (Å²) in [5.41, 5.74) is 1.11. The van der Waals surface area contributed by atoms with E-state index in [4.69, 9.17) is 16.3 Å². The first-order valence-electron chi connectivity index (χ1n) is 6.80. The molecule has 0 amide bonds. The SMILES string of the molecule is COCC1CCC(n2c(=O)[nH]c3cnc(Cl)nc32)CC1. The number of fused-ring (bicyclic) bond motifs is 1. The number of hydrogen-bond acceptors (Lipinski definition) is 4. The Morgan fingerprint density at radius 2 is 2.20 bits per heavy atom. The smallest absolute Gasteiger partial charge is 0.327 e. The maximum Gasteiger partial charge on any atom is 0.327 e. The average Bonchev–Trinajstić information content (AvgIpc) is 2.76. The van der Waals surface area contributed by atoms with Gasteiger partial charge in [-0.25, -0.2) is 9.78 Å². The van der Waals surface area contributed by atoms with Crippen LogP contribution in [0.15, 0.2) is 11.0 Å². The summed E-state index contributed by atoms with van der Waals surface area (Å²) < 4.78 is 6.93. The van der Waals surface area contributed by atoms with Gasteiger partial charge in [0, 0.05) is 19.8 Å². The summed E-state index contributed by atoms with van der Waals surface area (Å²) in [4.78, 5) is 23.0. The van der Waals surface area contributed by atoms with E-state index in [1.165, 1.54) is 0 Å². The Labute approximate surface area is 121 Å². The third-order valence-electron chi connectivity index (χ3n) is 4.01. The number of imidazole rings is 1. The Hall–Kier alpha value is -1.40. The zero-order valence-corrected chi connectivity index (χ0v) is 12.1. The molecular weight excluding hydrogens is 280 g/mol. The van der Waals surface area contributed by atoms with Gasteiger partial charge in [0.05, 0.1) is 6.20 Å². The maximum atomic E-state index is 12.1. The van der Waals surface area contributed by atoms with Crippen LogP contribution >= 0.6 is 11.6 Å². The summed E-state index contributed by atoms with van der Waals surface area (Å²) in [5.74, 6) is 0.593. The fraction of sp³-hybridized carbons (Fsp3) is 0.615. The Morgan fingerprint density at radius 1 is 1.45 bits per heavy atom. The Balaban J connectivity index is 1.89. The molecule has 20 heavy (non-hydrogen) atoms. The molecule has 2 heterocycles. The highest BCUT2D eigenvalue weighted by molar-refractivity contribution is 6.28. The third kappa shape index (κ3) is 2.45. The van der Waals surface area contributed by atoms with Crippen molar-refractivity contribution in [2.24, 2.45) is 5.92 Å². The minimum Gasteiger partial charge on any atom is -0.384 e. The Morgan fingerprint density at radius 3 is 2.90 bits per heavy atom. The van der Waals surface area contributed by atoms with Crippen LogP contribution in [-0.2, 0) is 4.74 Å². The lowest BCUT2D eigenvalue weighted by Crippen LogP contribution is -2.27. The summed E-state index contributed by atoms with van der Waals surface area (Å²) >= 11 is 5.84. The Bertz CT molecular complexity index is 658. The highest BCUT2D eigenvalue weighted by Gasteiger charge is 2.25. The minimum atomic E-state index is -0.133. The zero-order chi connectivity index (χ0) is 14.1. The van der Waals surface area contributed by atoms with E-state index in [-0.39, 0.29) is 17.0 Å². The van der Waals surface area contributed by atoms with E-state index < -0.39 is 0 Å². The third-order valence-corrected chi connectivity index (χ3v) is 4.19. The van der Waals surface area contributed by atoms with Crippen LogP contribution in [0.4, 0.5) is 0 Å². The molecule has 2 aromatic rings. The molecule has 7 heteroatoms. The van der Waals surface area contributed by atoms with E-state index in [1.807, 2.05) is 0 Å². The van der Waals surface area contributed by atoms with Gasteiger partial charge in [-0.2, -0.15) is 4.98 Å². The van der Waals surface area contributed by atoms with Crippen molar-refractivity contribution in [2.75, 3.05) is 13.7 Å². The molecule has 1 saturated carbocycles. The zero-order valence-electron chi connectivity index (χ0n) is 11.3. The molecule has 1 N–H and O–H groups in total. The molecule has 0 aliphatic heterocycles. The van der Waals surface area contributed by atoms with Crippen LogP contribution in [0.25, 0.3) is 11.2 Å². The first-order chi connectivity index (χ1) is 9.69. The maximum absolute atomic E-state index is 12.1. The summed E-state index contributed by atoms with van der Waals surface area (Å²) in [7, 11) is 1.73. The number of methoxy groups -OCH3 is 1. The molecule has 108 valence electrons. The summed E-state index contributed by atoms with van der Waals surface area (Å²) in [6.07, 6.45) is 5.61. The molecule has 0 saturated heterocycles. The van der Waals surface area contributed by atoms with E-state index >= 15 is 0 Å². The first-order valence-corrected chi connectivity index (χ1v) is 7.18. The molecule has 2 aromatic heterocycles. The van der Waals surface area contributed by atoms with E-state index in [2.05, 4.69) is 15.0 Å². The lowest BCUT2D eigenvalue weighted by Gasteiger charge is -2.28. The normalized spacial score (nSPS) is 23.3. The van der Waals surface area contributed by atoms with Gasteiger partial charge in [-0.15, -0.1) is 0 Å². The van der Waals surface area contributed by atoms with Crippen LogP contribution in [0.2, 0.25) is 5.28 Å². The van der Waals surface area contributed by atoms with Crippen molar-refractivity contribution in [2.45, 2.75) is 31.7 Å². The average molecular weight is 297 g/mol. The van der Waals surface area contributed by atoms with Gasteiger partial charge in [-0.05, 0) is 43.2 Å². The van der Waals surface area contributed by atoms with Crippen molar-refractivity contribution in [3.8, 4) is 0 Å². The summed E-state index contributed by atoms with van der Waals surface area (Å²) in [6.45, 7) is 0.795. The fourth-order valence-electron chi connectivity index (χ4n) is 3.04. The topological polar surface area (TPSA) is 72.8 Å². The molecule has 0 radical (unpaired) electrons. The van der Waals surface area contributed by atoms with Crippen LogP contribution in [-0.4, -0.2) is 33.2 Å². The predicted molar refractivity (Wildman–Crippen MR) is 76.0 cm³/mol. The van der Waals surface area contributed by atoms with Gasteiger partial charge in [-0.1, -0.05) is 0 Å². The van der Waals surface area contributed by atoms with Crippen LogP contribution in [0.3, 0.4) is 0 Å². The molecule has 6 nitrogen and oxygen atoms in total. The largest absolute Gasteiger partial charge is 0.384 e. The van der Waals surface area contributed by atoms with Crippen LogP contribution in [0.5, 0.6) is 0 Å². The molecule has 0 spiro atoms. The number of rotatable bonds is 3. The van der Waals surface area contributed by atoms with Crippen LogP contribution in [0, 0.1) is 5.92 Å². The number of nitrogens with one attached hydrogen (secondary N) is 1. The van der Waals surface area contributed by atoms with Gasteiger partial charge >= 0.3 is 5.69 Å². The molecule has 0 atom stereocenters. The number of halogens is 1. The summed E-state index contributed by atoms with van der Waals surface area (Å²) in [6, 6.07) is 0.176. The van der Waals surface area contributed by atoms with Gasteiger partial charge in [0.1, 0.15) is 5.52 Å². The second-order valence-corrected chi connectivity index (χ2v) is 5.64. The number of aromatic amines is 1. The van der Waals surface area contributed by atoms with Crippen molar-refractivity contribution in [1.82, 2.24) is 19.5 Å². The predicted octanol–water partition coefficient (Wildman–Crippen LogP) is 2.15. The number of ether oxygens (including phenoxy) is 1. The molecule has 0 aromatic carbocycles. The van der Waals surface area contributed by atoms with Gasteiger partial charge in [0.2, 0.25) is 5.28 Å². The van der Waals surface area contributed by atoms with Crippen molar-refractivity contribution in [1.29, 1.82) is 0 Å². The number of hydrogen-bond donors (Lipinski definition) is 1. The van der Waals surface area contributed by atoms with Gasteiger partial charge in [-0.3, -0.25) is 4.57 Å². The molecule has 0 unspecified atom stereocenters. The fourth-order valence-corrected chi connectivity index (χ4v) is 3.17. The second-order valence-electron chi connectivity index (χ2n) is 5.31. The first kappa shape index (κ1) is 13.6. The molecule has 1 aliphatic rings. The van der Waals surface area contributed by atoms with Crippen molar-refractivity contribution < 1.29 is 4.74 Å².